The van der Waals surface area contributed by atoms with Gasteiger partial charge in [-0.3, -0.25) is 14.6 Å². The standard InChI is InChI=1S/C29H34N4O6S/c1-20-17-33(21(2)19-34)28(35)16-23-15-24(31-29(36)22-11-13-30-14-12-22)9-10-26(23)39-27(20)18-32(3)40(37,38)25-7-5-4-6-8-25/h4-15,20-21,27,34H,16-19H2,1-3H3,(H,31,36)/t20-,21+,27-/m1/s1. The second-order valence-corrected chi connectivity index (χ2v) is 12.0. The van der Waals surface area contributed by atoms with E-state index in [4.69, 9.17) is 4.74 Å². The van der Waals surface area contributed by atoms with Crippen molar-refractivity contribution in [2.75, 3.05) is 32.1 Å². The highest BCUT2D eigenvalue weighted by molar-refractivity contribution is 7.89. The van der Waals surface area contributed by atoms with Crippen LogP contribution < -0.4 is 10.1 Å². The van der Waals surface area contributed by atoms with E-state index in [0.29, 0.717) is 22.6 Å². The Kier molecular flexibility index (Phi) is 9.18. The molecule has 0 saturated carbocycles. The number of nitrogens with zero attached hydrogens (tertiary/aromatic N) is 3. The molecule has 4 rings (SSSR count). The summed E-state index contributed by atoms with van der Waals surface area (Å²) < 4.78 is 34.2. The smallest absolute Gasteiger partial charge is 0.255 e. The van der Waals surface area contributed by atoms with Crippen LogP contribution in [0, 0.1) is 5.92 Å². The fraction of sp³-hybridized carbons (Fsp3) is 0.345. The second-order valence-electron chi connectivity index (χ2n) is 10.00. The molecule has 1 aromatic heterocycles. The maximum Gasteiger partial charge on any atom is 0.255 e. The Morgan fingerprint density at radius 2 is 1.88 bits per heavy atom. The first-order chi connectivity index (χ1) is 19.1. The van der Waals surface area contributed by atoms with Crippen LogP contribution in [0.2, 0.25) is 0 Å². The van der Waals surface area contributed by atoms with Gasteiger partial charge in [0.25, 0.3) is 5.91 Å². The summed E-state index contributed by atoms with van der Waals surface area (Å²) in [6.45, 7) is 3.74. The zero-order valence-electron chi connectivity index (χ0n) is 22.7. The first-order valence-electron chi connectivity index (χ1n) is 13.0. The van der Waals surface area contributed by atoms with E-state index in [1.165, 1.54) is 23.7 Å². The highest BCUT2D eigenvalue weighted by atomic mass is 32.2. The van der Waals surface area contributed by atoms with Crippen LogP contribution in [0.5, 0.6) is 5.75 Å². The van der Waals surface area contributed by atoms with E-state index >= 15 is 0 Å². The molecule has 40 heavy (non-hydrogen) atoms. The van der Waals surface area contributed by atoms with Gasteiger partial charge < -0.3 is 20.1 Å². The van der Waals surface area contributed by atoms with Crippen molar-refractivity contribution < 1.29 is 27.9 Å². The quantitative estimate of drug-likeness (QED) is 0.429. The molecule has 0 aliphatic carbocycles. The van der Waals surface area contributed by atoms with Crippen LogP contribution in [0.15, 0.2) is 78.0 Å². The van der Waals surface area contributed by atoms with Crippen molar-refractivity contribution in [3.05, 3.63) is 84.2 Å². The van der Waals surface area contributed by atoms with E-state index in [9.17, 15) is 23.1 Å². The summed E-state index contributed by atoms with van der Waals surface area (Å²) in [6, 6.07) is 16.0. The molecule has 11 heteroatoms. The van der Waals surface area contributed by atoms with Gasteiger partial charge in [-0.1, -0.05) is 25.1 Å². The van der Waals surface area contributed by atoms with Gasteiger partial charge in [-0.15, -0.1) is 0 Å². The van der Waals surface area contributed by atoms with Crippen molar-refractivity contribution in [1.82, 2.24) is 14.2 Å². The number of nitrogens with one attached hydrogen (secondary N) is 1. The number of hydrogen-bond donors (Lipinski definition) is 2. The van der Waals surface area contributed by atoms with E-state index in [2.05, 4.69) is 10.3 Å². The number of pyridine rings is 1. The van der Waals surface area contributed by atoms with Gasteiger partial charge in [0.2, 0.25) is 15.9 Å². The lowest BCUT2D eigenvalue weighted by Gasteiger charge is -2.33. The van der Waals surface area contributed by atoms with Gasteiger partial charge in [0.15, 0.2) is 0 Å². The maximum atomic E-state index is 13.4. The first kappa shape index (κ1) is 29.2. The zero-order chi connectivity index (χ0) is 28.9. The lowest BCUT2D eigenvalue weighted by Crippen LogP contribution is -2.48. The Balaban J connectivity index is 1.65. The molecule has 0 spiro atoms. The van der Waals surface area contributed by atoms with Crippen LogP contribution in [-0.2, 0) is 21.2 Å². The third-order valence-corrected chi connectivity index (χ3v) is 8.84. The Bertz CT molecular complexity index is 1440. The number of sulfonamides is 1. The molecular weight excluding hydrogens is 532 g/mol. The van der Waals surface area contributed by atoms with Gasteiger partial charge in [-0.2, -0.15) is 4.31 Å². The Labute approximate surface area is 234 Å². The third kappa shape index (κ3) is 6.67. The van der Waals surface area contributed by atoms with E-state index in [-0.39, 0.29) is 48.7 Å². The molecule has 1 aliphatic rings. The van der Waals surface area contributed by atoms with Crippen molar-refractivity contribution in [2.24, 2.45) is 5.92 Å². The number of aromatic nitrogens is 1. The molecule has 0 fully saturated rings. The number of hydrogen-bond acceptors (Lipinski definition) is 7. The highest BCUT2D eigenvalue weighted by Crippen LogP contribution is 2.30. The fourth-order valence-corrected chi connectivity index (χ4v) is 5.76. The monoisotopic (exact) mass is 566 g/mol. The molecule has 0 saturated heterocycles. The van der Waals surface area contributed by atoms with Crippen LogP contribution in [0.1, 0.15) is 29.8 Å². The van der Waals surface area contributed by atoms with Gasteiger partial charge in [0, 0.05) is 48.7 Å². The highest BCUT2D eigenvalue weighted by Gasteiger charge is 2.33. The van der Waals surface area contributed by atoms with Crippen LogP contribution in [0.4, 0.5) is 5.69 Å². The van der Waals surface area contributed by atoms with Gasteiger partial charge >= 0.3 is 0 Å². The minimum absolute atomic E-state index is 0.0176. The first-order valence-corrected chi connectivity index (χ1v) is 14.5. The second kappa shape index (κ2) is 12.6. The van der Waals surface area contributed by atoms with Crippen molar-refractivity contribution in [1.29, 1.82) is 0 Å². The minimum Gasteiger partial charge on any atom is -0.488 e. The number of fused-ring (bicyclic) bond motifs is 1. The number of aliphatic hydroxyl groups excluding tert-OH is 1. The average Bonchev–Trinajstić information content (AvgIpc) is 3.01. The average molecular weight is 567 g/mol. The summed E-state index contributed by atoms with van der Waals surface area (Å²) in [5.74, 6) is -0.381. The summed E-state index contributed by atoms with van der Waals surface area (Å²) in [5.41, 5.74) is 1.46. The number of amides is 2. The maximum absolute atomic E-state index is 13.4. The predicted molar refractivity (Wildman–Crippen MR) is 150 cm³/mol. The van der Waals surface area contributed by atoms with Crippen molar-refractivity contribution >= 4 is 27.5 Å². The molecule has 1 aliphatic heterocycles. The largest absolute Gasteiger partial charge is 0.488 e. The summed E-state index contributed by atoms with van der Waals surface area (Å²) >= 11 is 0. The number of rotatable bonds is 8. The summed E-state index contributed by atoms with van der Waals surface area (Å²) in [4.78, 5) is 31.8. The molecule has 2 amide bonds. The Morgan fingerprint density at radius 1 is 1.18 bits per heavy atom. The number of anilines is 1. The number of aliphatic hydroxyl groups is 1. The fourth-order valence-electron chi connectivity index (χ4n) is 4.56. The van der Waals surface area contributed by atoms with Gasteiger partial charge in [-0.05, 0) is 49.4 Å². The van der Waals surface area contributed by atoms with Crippen LogP contribution >= 0.6 is 0 Å². The van der Waals surface area contributed by atoms with E-state index in [0.717, 1.165) is 0 Å². The summed E-state index contributed by atoms with van der Waals surface area (Å²) in [5, 5.41) is 12.7. The third-order valence-electron chi connectivity index (χ3n) is 7.01. The van der Waals surface area contributed by atoms with E-state index in [1.807, 2.05) is 6.92 Å². The Morgan fingerprint density at radius 3 is 2.55 bits per heavy atom. The van der Waals surface area contributed by atoms with Crippen molar-refractivity contribution in [2.45, 2.75) is 37.3 Å². The van der Waals surface area contributed by atoms with E-state index < -0.39 is 22.2 Å². The number of ether oxygens (including phenoxy) is 1. The van der Waals surface area contributed by atoms with Crippen LogP contribution in [0.3, 0.4) is 0 Å². The molecule has 2 heterocycles. The molecule has 10 nitrogen and oxygen atoms in total. The zero-order valence-corrected chi connectivity index (χ0v) is 23.5. The SMILES string of the molecule is C[C@@H]1CN([C@@H](C)CO)C(=O)Cc2cc(NC(=O)c3ccncc3)ccc2O[C@@H]1CN(C)S(=O)(=O)c1ccccc1. The van der Waals surface area contributed by atoms with Crippen molar-refractivity contribution in [3.63, 3.8) is 0 Å². The molecule has 212 valence electrons. The topological polar surface area (TPSA) is 129 Å². The van der Waals surface area contributed by atoms with Gasteiger partial charge in [0.05, 0.1) is 30.5 Å². The van der Waals surface area contributed by atoms with Crippen LogP contribution in [-0.4, -0.2) is 78.4 Å². The summed E-state index contributed by atoms with van der Waals surface area (Å²) in [6.07, 6.45) is 2.42. The normalized spacial score (nSPS) is 18.6. The van der Waals surface area contributed by atoms with Gasteiger partial charge in [0.1, 0.15) is 11.9 Å². The van der Waals surface area contributed by atoms with E-state index in [1.54, 1.807) is 72.5 Å². The molecule has 0 unspecified atom stereocenters. The lowest BCUT2D eigenvalue weighted by atomic mass is 10.0. The number of carbonyl (C=O) groups excluding carboxylic acids is 2. The number of carbonyl (C=O) groups is 2. The van der Waals surface area contributed by atoms with Crippen molar-refractivity contribution in [3.8, 4) is 5.75 Å². The Hall–Kier alpha value is -3.80. The predicted octanol–water partition coefficient (Wildman–Crippen LogP) is 2.80. The minimum atomic E-state index is -3.78. The molecular formula is C29H34N4O6S. The van der Waals surface area contributed by atoms with Gasteiger partial charge in [-0.25, -0.2) is 8.42 Å². The molecule has 3 aromatic rings. The summed E-state index contributed by atoms with van der Waals surface area (Å²) in [7, 11) is -2.28. The lowest BCUT2D eigenvalue weighted by molar-refractivity contribution is -0.134. The van der Waals surface area contributed by atoms with Crippen LogP contribution in [0.25, 0.3) is 0 Å². The molecule has 0 radical (unpaired) electrons. The molecule has 3 atom stereocenters. The number of likely N-dealkylation sites (N-methyl/N-ethyl adjacent to an activating group) is 1. The molecule has 2 N–H and O–H groups in total. The number of benzene rings is 2. The molecule has 0 bridgehead atoms. The molecule has 2 aromatic carbocycles.